The molecule has 9 heteroatoms. The number of nitrogens with one attached hydrogen (secondary N) is 1. The first-order valence-corrected chi connectivity index (χ1v) is 12.0. The number of likely N-dealkylation sites (tertiary alicyclic amines) is 1. The van der Waals surface area contributed by atoms with Gasteiger partial charge in [0.25, 0.3) is 5.91 Å². The number of anilines is 1. The van der Waals surface area contributed by atoms with Gasteiger partial charge in [0.05, 0.1) is 30.5 Å². The average molecular weight is 482 g/mol. The number of nitrogens with zero attached hydrogens (tertiary/aromatic N) is 2. The molecule has 0 spiro atoms. The molecule has 8 nitrogen and oxygen atoms in total. The highest BCUT2D eigenvalue weighted by molar-refractivity contribution is 7.12. The second-order valence-electron chi connectivity index (χ2n) is 8.07. The standard InChI is InChI=1S/C25H27N3O5S/c1-32-21-8-3-2-7-20(21)26-23(29)17-28(16-19-6-4-14-33-19)24(30)18-10-12-27(13-11-18)25(31)22-9-5-15-34-22/h2-9,14-15,18H,10-13,16-17H2,1H3,(H,26,29). The normalized spacial score (nSPS) is 14.0. The van der Waals surface area contributed by atoms with E-state index in [4.69, 9.17) is 9.15 Å². The molecule has 4 rings (SSSR count). The van der Waals surface area contributed by atoms with Crippen LogP contribution in [-0.4, -0.2) is 54.3 Å². The zero-order valence-electron chi connectivity index (χ0n) is 18.9. The van der Waals surface area contributed by atoms with Crippen molar-refractivity contribution in [3.05, 3.63) is 70.8 Å². The molecule has 0 unspecified atom stereocenters. The Morgan fingerprint density at radius 2 is 1.91 bits per heavy atom. The lowest BCUT2D eigenvalue weighted by molar-refractivity contribution is -0.140. The summed E-state index contributed by atoms with van der Waals surface area (Å²) in [6.07, 6.45) is 2.65. The Hall–Kier alpha value is -3.59. The van der Waals surface area contributed by atoms with Crippen molar-refractivity contribution in [1.29, 1.82) is 0 Å². The van der Waals surface area contributed by atoms with Crippen molar-refractivity contribution in [3.8, 4) is 5.75 Å². The smallest absolute Gasteiger partial charge is 0.263 e. The second kappa shape index (κ2) is 11.0. The van der Waals surface area contributed by atoms with E-state index >= 15 is 0 Å². The molecule has 2 aromatic heterocycles. The Morgan fingerprint density at radius 1 is 1.12 bits per heavy atom. The third-order valence-electron chi connectivity index (χ3n) is 5.82. The summed E-state index contributed by atoms with van der Waals surface area (Å²) >= 11 is 1.42. The molecule has 1 aromatic carbocycles. The lowest BCUT2D eigenvalue weighted by Crippen LogP contribution is -2.46. The first-order valence-electron chi connectivity index (χ1n) is 11.1. The Morgan fingerprint density at radius 3 is 2.59 bits per heavy atom. The van der Waals surface area contributed by atoms with Crippen molar-refractivity contribution >= 4 is 34.7 Å². The van der Waals surface area contributed by atoms with Crippen LogP contribution in [0.1, 0.15) is 28.3 Å². The molecule has 3 aromatic rings. The highest BCUT2D eigenvalue weighted by Crippen LogP contribution is 2.25. The molecule has 0 aliphatic carbocycles. The molecule has 0 saturated carbocycles. The van der Waals surface area contributed by atoms with Gasteiger partial charge in [-0.2, -0.15) is 0 Å². The van der Waals surface area contributed by atoms with Crippen LogP contribution >= 0.6 is 11.3 Å². The summed E-state index contributed by atoms with van der Waals surface area (Å²) in [5.41, 5.74) is 0.542. The van der Waals surface area contributed by atoms with Crippen LogP contribution < -0.4 is 10.1 Å². The molecule has 3 heterocycles. The summed E-state index contributed by atoms with van der Waals surface area (Å²) < 4.78 is 10.7. The fourth-order valence-electron chi connectivity index (χ4n) is 4.06. The van der Waals surface area contributed by atoms with Gasteiger partial charge in [0.15, 0.2) is 0 Å². The predicted molar refractivity (Wildman–Crippen MR) is 129 cm³/mol. The second-order valence-corrected chi connectivity index (χ2v) is 9.01. The molecule has 34 heavy (non-hydrogen) atoms. The summed E-state index contributed by atoms with van der Waals surface area (Å²) in [5.74, 6) is 0.446. The summed E-state index contributed by atoms with van der Waals surface area (Å²) in [4.78, 5) is 42.9. The van der Waals surface area contributed by atoms with E-state index in [0.29, 0.717) is 48.0 Å². The Labute approximate surface area is 202 Å². The fourth-order valence-corrected chi connectivity index (χ4v) is 4.75. The molecule has 1 N–H and O–H groups in total. The maximum Gasteiger partial charge on any atom is 0.263 e. The molecule has 1 fully saturated rings. The van der Waals surface area contributed by atoms with Gasteiger partial charge in [0.1, 0.15) is 18.1 Å². The predicted octanol–water partition coefficient (Wildman–Crippen LogP) is 3.87. The van der Waals surface area contributed by atoms with Gasteiger partial charge < -0.3 is 24.3 Å². The number of para-hydroxylation sites is 2. The summed E-state index contributed by atoms with van der Waals surface area (Å²) in [6.45, 7) is 1.09. The van der Waals surface area contributed by atoms with Crippen molar-refractivity contribution in [2.24, 2.45) is 5.92 Å². The summed E-state index contributed by atoms with van der Waals surface area (Å²) in [5, 5.41) is 4.71. The van der Waals surface area contributed by atoms with Gasteiger partial charge in [0.2, 0.25) is 11.8 Å². The topological polar surface area (TPSA) is 92.1 Å². The minimum atomic E-state index is -0.324. The Kier molecular flexibility index (Phi) is 7.64. The molecular weight excluding hydrogens is 454 g/mol. The molecule has 1 saturated heterocycles. The molecule has 178 valence electrons. The SMILES string of the molecule is COc1ccccc1NC(=O)CN(Cc1ccco1)C(=O)C1CCN(C(=O)c2cccs2)CC1. The lowest BCUT2D eigenvalue weighted by Gasteiger charge is -2.33. The number of benzene rings is 1. The van der Waals surface area contributed by atoms with Crippen molar-refractivity contribution in [2.45, 2.75) is 19.4 Å². The van der Waals surface area contributed by atoms with Crippen LogP contribution in [0.3, 0.4) is 0 Å². The highest BCUT2D eigenvalue weighted by Gasteiger charge is 2.32. The van der Waals surface area contributed by atoms with E-state index in [1.807, 2.05) is 23.6 Å². The van der Waals surface area contributed by atoms with Gasteiger partial charge in [-0.25, -0.2) is 0 Å². The summed E-state index contributed by atoms with van der Waals surface area (Å²) in [6, 6.07) is 14.3. The molecule has 0 radical (unpaired) electrons. The van der Waals surface area contributed by atoms with Crippen molar-refractivity contribution < 1.29 is 23.5 Å². The van der Waals surface area contributed by atoms with Gasteiger partial charge in [-0.05, 0) is 48.6 Å². The Bertz CT molecular complexity index is 1110. The number of amides is 3. The maximum atomic E-state index is 13.4. The maximum absolute atomic E-state index is 13.4. The number of hydrogen-bond donors (Lipinski definition) is 1. The Balaban J connectivity index is 1.40. The van der Waals surface area contributed by atoms with Crippen molar-refractivity contribution in [2.75, 3.05) is 32.1 Å². The average Bonchev–Trinajstić information content (AvgIpc) is 3.58. The number of hydrogen-bond acceptors (Lipinski definition) is 6. The first kappa shape index (κ1) is 23.6. The number of carbonyl (C=O) groups is 3. The van der Waals surface area contributed by atoms with Crippen LogP contribution in [0.4, 0.5) is 5.69 Å². The van der Waals surface area contributed by atoms with E-state index in [1.54, 1.807) is 41.5 Å². The molecular formula is C25H27N3O5S. The van der Waals surface area contributed by atoms with Crippen LogP contribution in [0.2, 0.25) is 0 Å². The number of carbonyl (C=O) groups excluding carboxylic acids is 3. The highest BCUT2D eigenvalue weighted by atomic mass is 32.1. The minimum Gasteiger partial charge on any atom is -0.495 e. The minimum absolute atomic E-state index is 0.00419. The fraction of sp³-hybridized carbons (Fsp3) is 0.320. The van der Waals surface area contributed by atoms with Crippen LogP contribution in [-0.2, 0) is 16.1 Å². The number of thiophene rings is 1. The van der Waals surface area contributed by atoms with Crippen LogP contribution in [0.5, 0.6) is 5.75 Å². The number of rotatable bonds is 8. The van der Waals surface area contributed by atoms with E-state index in [0.717, 1.165) is 0 Å². The van der Waals surface area contributed by atoms with E-state index < -0.39 is 0 Å². The largest absolute Gasteiger partial charge is 0.495 e. The van der Waals surface area contributed by atoms with Crippen LogP contribution in [0.25, 0.3) is 0 Å². The molecule has 3 amide bonds. The van der Waals surface area contributed by atoms with E-state index in [9.17, 15) is 14.4 Å². The van der Waals surface area contributed by atoms with Gasteiger partial charge in [-0.15, -0.1) is 11.3 Å². The molecule has 0 bridgehead atoms. The zero-order chi connectivity index (χ0) is 23.9. The van der Waals surface area contributed by atoms with Gasteiger partial charge in [0, 0.05) is 19.0 Å². The van der Waals surface area contributed by atoms with Gasteiger partial charge in [-0.1, -0.05) is 18.2 Å². The van der Waals surface area contributed by atoms with E-state index in [-0.39, 0.29) is 36.7 Å². The van der Waals surface area contributed by atoms with Crippen molar-refractivity contribution in [1.82, 2.24) is 9.80 Å². The zero-order valence-corrected chi connectivity index (χ0v) is 19.8. The van der Waals surface area contributed by atoms with Crippen molar-refractivity contribution in [3.63, 3.8) is 0 Å². The quantitative estimate of drug-likeness (QED) is 0.527. The van der Waals surface area contributed by atoms with Crippen LogP contribution in [0, 0.1) is 5.92 Å². The van der Waals surface area contributed by atoms with E-state index in [2.05, 4.69) is 5.32 Å². The number of methoxy groups -OCH3 is 1. The molecule has 1 aliphatic rings. The van der Waals surface area contributed by atoms with E-state index in [1.165, 1.54) is 23.3 Å². The third-order valence-corrected chi connectivity index (χ3v) is 6.68. The number of furan rings is 1. The molecule has 0 atom stereocenters. The summed E-state index contributed by atoms with van der Waals surface area (Å²) in [7, 11) is 1.54. The first-order chi connectivity index (χ1) is 16.5. The monoisotopic (exact) mass is 481 g/mol. The van der Waals surface area contributed by atoms with Gasteiger partial charge in [-0.3, -0.25) is 14.4 Å². The van der Waals surface area contributed by atoms with Gasteiger partial charge >= 0.3 is 0 Å². The number of piperidine rings is 1. The lowest BCUT2D eigenvalue weighted by atomic mass is 9.95. The third kappa shape index (κ3) is 5.66. The van der Waals surface area contributed by atoms with Crippen LogP contribution in [0.15, 0.2) is 64.6 Å². The molecule has 1 aliphatic heterocycles. The number of ether oxygens (including phenoxy) is 1.